The molecule has 0 aliphatic heterocycles. The third kappa shape index (κ3) is 20.1. The summed E-state index contributed by atoms with van der Waals surface area (Å²) in [6, 6.07) is 0. The molecule has 0 aliphatic rings. The third-order valence-corrected chi connectivity index (χ3v) is 5.70. The molecule has 1 N–H and O–H groups in total. The molecular weight excluding hydrogens is 304 g/mol. The molecule has 1 nitrogen and oxygen atoms in total. The van der Waals surface area contributed by atoms with Gasteiger partial charge in [-0.2, -0.15) is 0 Å². The number of aliphatic hydroxyl groups excluding tert-OH is 1. The van der Waals surface area contributed by atoms with Crippen molar-refractivity contribution in [1.82, 2.24) is 0 Å². The van der Waals surface area contributed by atoms with Gasteiger partial charge in [-0.3, -0.25) is 0 Å². The van der Waals surface area contributed by atoms with Crippen LogP contribution in [0.5, 0.6) is 0 Å². The maximum absolute atomic E-state index is 9.03. The second-order valence-electron chi connectivity index (χ2n) is 8.26. The molecule has 1 atom stereocenters. The maximum Gasteiger partial charge on any atom is 0.0431 e. The molecule has 0 amide bonds. The normalized spacial score (nSPS) is 12.6. The molecule has 0 aromatic rings. The van der Waals surface area contributed by atoms with E-state index in [1.54, 1.807) is 0 Å². The van der Waals surface area contributed by atoms with E-state index in [0.29, 0.717) is 6.61 Å². The van der Waals surface area contributed by atoms with Crippen LogP contribution in [0.3, 0.4) is 0 Å². The summed E-state index contributed by atoms with van der Waals surface area (Å²) in [5.41, 5.74) is 0. The molecule has 0 radical (unpaired) electrons. The van der Waals surface area contributed by atoms with Crippen molar-refractivity contribution in [3.63, 3.8) is 0 Å². The lowest BCUT2D eigenvalue weighted by Gasteiger charge is -2.17. The van der Waals surface area contributed by atoms with E-state index in [4.69, 9.17) is 5.11 Å². The molecule has 0 fully saturated rings. The summed E-state index contributed by atoms with van der Waals surface area (Å²) in [4.78, 5) is 0. The summed E-state index contributed by atoms with van der Waals surface area (Å²) < 4.78 is 0. The van der Waals surface area contributed by atoms with E-state index in [-0.39, 0.29) is 0 Å². The van der Waals surface area contributed by atoms with Gasteiger partial charge in [-0.15, -0.1) is 0 Å². The number of rotatable bonds is 21. The van der Waals surface area contributed by atoms with Crippen LogP contribution in [-0.4, -0.2) is 11.7 Å². The van der Waals surface area contributed by atoms with E-state index < -0.39 is 0 Å². The lowest BCUT2D eigenvalue weighted by atomic mass is 9.90. The van der Waals surface area contributed by atoms with Gasteiger partial charge in [0, 0.05) is 6.61 Å². The predicted molar refractivity (Wildman–Crippen MR) is 114 cm³/mol. The van der Waals surface area contributed by atoms with Crippen molar-refractivity contribution in [1.29, 1.82) is 0 Å². The molecule has 1 heteroatoms. The van der Waals surface area contributed by atoms with Crippen molar-refractivity contribution in [3.05, 3.63) is 0 Å². The number of hydrogen-bond donors (Lipinski definition) is 1. The fraction of sp³-hybridized carbons (Fsp3) is 1.00. The topological polar surface area (TPSA) is 20.2 Å². The van der Waals surface area contributed by atoms with Crippen LogP contribution >= 0.6 is 0 Å². The number of hydrogen-bond acceptors (Lipinski definition) is 1. The van der Waals surface area contributed by atoms with Gasteiger partial charge in [0.15, 0.2) is 0 Å². The molecule has 152 valence electrons. The molecule has 0 aromatic carbocycles. The van der Waals surface area contributed by atoms with Gasteiger partial charge in [-0.1, -0.05) is 136 Å². The molecule has 0 aliphatic carbocycles. The minimum absolute atomic E-state index is 0.377. The van der Waals surface area contributed by atoms with Crippen molar-refractivity contribution in [2.75, 3.05) is 6.61 Å². The summed E-state index contributed by atoms with van der Waals surface area (Å²) in [6.45, 7) is 4.96. The van der Waals surface area contributed by atoms with Crippen LogP contribution in [-0.2, 0) is 0 Å². The Bertz CT molecular complexity index is 226. The average Bonchev–Trinajstić information content (AvgIpc) is 2.62. The zero-order chi connectivity index (χ0) is 18.4. The zero-order valence-electron chi connectivity index (χ0n) is 17.9. The Hall–Kier alpha value is -0.0400. The number of aliphatic hydroxyl groups is 1. The summed E-state index contributed by atoms with van der Waals surface area (Å²) in [7, 11) is 0. The van der Waals surface area contributed by atoms with Crippen LogP contribution in [0.25, 0.3) is 0 Å². The van der Waals surface area contributed by atoms with Crippen molar-refractivity contribution in [2.24, 2.45) is 5.92 Å². The second kappa shape index (κ2) is 22.0. The average molecular weight is 355 g/mol. The van der Waals surface area contributed by atoms with Crippen LogP contribution in [0.2, 0.25) is 0 Å². The van der Waals surface area contributed by atoms with Crippen molar-refractivity contribution in [2.45, 2.75) is 142 Å². The summed E-state index contributed by atoms with van der Waals surface area (Å²) in [5.74, 6) is 0.933. The Kier molecular flexibility index (Phi) is 22.0. The van der Waals surface area contributed by atoms with E-state index in [9.17, 15) is 0 Å². The highest BCUT2D eigenvalue weighted by molar-refractivity contribution is 4.62. The van der Waals surface area contributed by atoms with E-state index in [2.05, 4.69) is 13.8 Å². The van der Waals surface area contributed by atoms with Crippen LogP contribution in [0.4, 0.5) is 0 Å². The fourth-order valence-electron chi connectivity index (χ4n) is 3.93. The fourth-order valence-corrected chi connectivity index (χ4v) is 3.93. The van der Waals surface area contributed by atoms with Gasteiger partial charge in [0.25, 0.3) is 0 Å². The highest BCUT2D eigenvalue weighted by atomic mass is 16.2. The van der Waals surface area contributed by atoms with Gasteiger partial charge in [0.2, 0.25) is 0 Å². The third-order valence-electron chi connectivity index (χ3n) is 5.70. The van der Waals surface area contributed by atoms with Gasteiger partial charge in [-0.05, 0) is 12.3 Å². The molecule has 1 unspecified atom stereocenters. The van der Waals surface area contributed by atoms with E-state index in [1.165, 1.54) is 122 Å². The van der Waals surface area contributed by atoms with Crippen molar-refractivity contribution in [3.8, 4) is 0 Å². The summed E-state index contributed by atoms with van der Waals surface area (Å²) in [5, 5.41) is 9.03. The highest BCUT2D eigenvalue weighted by Gasteiger charge is 2.08. The molecule has 0 spiro atoms. The standard InChI is InChI=1S/C24H50O/c1-3-5-7-9-11-13-15-17-21-24(22-18-19-23-25)20-16-14-12-10-8-6-4-2/h24-25H,3-23H2,1-2H3. The predicted octanol–water partition coefficient (Wildman–Crippen LogP) is 8.44. The smallest absolute Gasteiger partial charge is 0.0431 e. The van der Waals surface area contributed by atoms with Gasteiger partial charge >= 0.3 is 0 Å². The van der Waals surface area contributed by atoms with Gasteiger partial charge in [0.1, 0.15) is 0 Å². The van der Waals surface area contributed by atoms with Gasteiger partial charge in [-0.25, -0.2) is 0 Å². The van der Waals surface area contributed by atoms with Crippen LogP contribution < -0.4 is 0 Å². The Morgan fingerprint density at radius 1 is 0.440 bits per heavy atom. The molecule has 0 saturated carbocycles. The Balaban J connectivity index is 3.64. The molecule has 0 saturated heterocycles. The van der Waals surface area contributed by atoms with Gasteiger partial charge in [0.05, 0.1) is 0 Å². The molecular formula is C24H50O. The van der Waals surface area contributed by atoms with Crippen LogP contribution in [0.15, 0.2) is 0 Å². The SMILES string of the molecule is CCCCCCCCCCC(CCCCO)CCCCCCCCC. The largest absolute Gasteiger partial charge is 0.396 e. The Morgan fingerprint density at radius 2 is 0.760 bits per heavy atom. The van der Waals surface area contributed by atoms with E-state index in [0.717, 1.165) is 12.3 Å². The minimum Gasteiger partial charge on any atom is -0.396 e. The highest BCUT2D eigenvalue weighted by Crippen LogP contribution is 2.24. The van der Waals surface area contributed by atoms with Crippen molar-refractivity contribution < 1.29 is 5.11 Å². The van der Waals surface area contributed by atoms with Crippen LogP contribution in [0, 0.1) is 5.92 Å². The monoisotopic (exact) mass is 354 g/mol. The molecule has 0 rings (SSSR count). The van der Waals surface area contributed by atoms with Crippen molar-refractivity contribution >= 4 is 0 Å². The second-order valence-corrected chi connectivity index (χ2v) is 8.26. The lowest BCUT2D eigenvalue weighted by molar-refractivity contribution is 0.272. The molecule has 0 heterocycles. The van der Waals surface area contributed by atoms with E-state index >= 15 is 0 Å². The molecule has 0 aromatic heterocycles. The van der Waals surface area contributed by atoms with Crippen LogP contribution in [0.1, 0.15) is 142 Å². The van der Waals surface area contributed by atoms with E-state index in [1.807, 2.05) is 0 Å². The first-order chi connectivity index (χ1) is 12.3. The Labute approximate surface area is 160 Å². The molecule has 25 heavy (non-hydrogen) atoms. The quantitative estimate of drug-likeness (QED) is 0.205. The van der Waals surface area contributed by atoms with Gasteiger partial charge < -0.3 is 5.11 Å². The first-order valence-electron chi connectivity index (χ1n) is 12.0. The minimum atomic E-state index is 0.377. The number of unbranched alkanes of at least 4 members (excludes halogenated alkanes) is 14. The maximum atomic E-state index is 9.03. The Morgan fingerprint density at radius 3 is 1.12 bits per heavy atom. The first kappa shape index (κ1) is 25.0. The lowest BCUT2D eigenvalue weighted by Crippen LogP contribution is -2.02. The summed E-state index contributed by atoms with van der Waals surface area (Å²) in [6.07, 6.45) is 27.9. The zero-order valence-corrected chi connectivity index (χ0v) is 17.9. The summed E-state index contributed by atoms with van der Waals surface area (Å²) >= 11 is 0. The molecule has 0 bridgehead atoms. The first-order valence-corrected chi connectivity index (χ1v) is 12.0.